The van der Waals surface area contributed by atoms with Gasteiger partial charge in [0.05, 0.1) is 5.65 Å². The summed E-state index contributed by atoms with van der Waals surface area (Å²) in [6, 6.07) is 26.0. The molecule has 7 aromatic rings. The average Bonchev–Trinajstić information content (AvgIpc) is 3.54. The monoisotopic (exact) mass is 637 g/mol. The molecule has 0 N–H and O–H groups in total. The van der Waals surface area contributed by atoms with Gasteiger partial charge in [-0.2, -0.15) is 0 Å². The summed E-state index contributed by atoms with van der Waals surface area (Å²) in [7, 11) is 0. The number of fused-ring (bicyclic) bond motifs is 9. The number of hydrogen-bond acceptors (Lipinski definition) is 2. The minimum Gasteiger partial charge on any atom is -0.341 e. The summed E-state index contributed by atoms with van der Waals surface area (Å²) < 4.78 is 5.91. The molecule has 169 valence electrons. The summed E-state index contributed by atoms with van der Waals surface area (Å²) in [5.74, 6) is 0. The number of pyridine rings is 1. The van der Waals surface area contributed by atoms with Gasteiger partial charge in [-0.1, -0.05) is 40.6 Å². The molecule has 0 saturated heterocycles. The van der Waals surface area contributed by atoms with Crippen molar-refractivity contribution in [3.8, 4) is 0 Å². The predicted octanol–water partition coefficient (Wildman–Crippen LogP) is 7.53. The third-order valence-electron chi connectivity index (χ3n) is 6.77. The van der Waals surface area contributed by atoms with Gasteiger partial charge in [0.15, 0.2) is 0 Å². The van der Waals surface area contributed by atoms with Gasteiger partial charge in [-0.3, -0.25) is 4.98 Å². The Bertz CT molecular complexity index is 1850. The van der Waals surface area contributed by atoms with Crippen molar-refractivity contribution in [2.45, 2.75) is 26.8 Å². The zero-order valence-corrected chi connectivity index (χ0v) is 22.1. The molecule has 4 aromatic heterocycles. The molecular weight excluding hydrogens is 615 g/mol. The van der Waals surface area contributed by atoms with Gasteiger partial charge in [-0.25, -0.2) is 0 Å². The van der Waals surface area contributed by atoms with Crippen LogP contribution in [0.3, 0.4) is 0 Å². The Balaban J connectivity index is 0.00000217. The molecule has 5 heteroatoms. The molecule has 0 aliphatic heterocycles. The first kappa shape index (κ1) is 21.5. The number of benzene rings is 3. The van der Waals surface area contributed by atoms with Crippen molar-refractivity contribution in [3.05, 3.63) is 95.1 Å². The Hall–Kier alpha value is -2.98. The fourth-order valence-corrected chi connectivity index (χ4v) is 6.38. The van der Waals surface area contributed by atoms with E-state index in [-0.39, 0.29) is 20.1 Å². The summed E-state index contributed by atoms with van der Waals surface area (Å²) in [6.45, 7) is 5.37. The van der Waals surface area contributed by atoms with Crippen molar-refractivity contribution in [3.63, 3.8) is 0 Å². The summed E-state index contributed by atoms with van der Waals surface area (Å²) in [6.07, 6.45) is 4.82. The molecule has 0 spiro atoms. The van der Waals surface area contributed by atoms with Crippen LogP contribution in [0.2, 0.25) is 0 Å². The number of para-hydroxylation sites is 1. The van der Waals surface area contributed by atoms with Gasteiger partial charge in [0.1, 0.15) is 0 Å². The third-order valence-corrected chi connectivity index (χ3v) is 7.84. The maximum atomic E-state index is 4.63. The number of aromatic nitrogens is 3. The second-order valence-electron chi connectivity index (χ2n) is 8.78. The minimum atomic E-state index is 0. The predicted molar refractivity (Wildman–Crippen MR) is 140 cm³/mol. The molecule has 3 nitrogen and oxygen atoms in total. The molecular formula is C29H22IrN3S-. The van der Waals surface area contributed by atoms with E-state index in [1.54, 1.807) is 0 Å². The Kier molecular flexibility index (Phi) is 5.10. The standard InChI is InChI=1S/C29H22N3S.Ir/c1-3-31-25-7-5-4-6-21(25)23-16-20(9-11-26(23)31)15-19-8-10-22-24(17-19)28-27(14-18(2)33-28)32-13-12-30-29(22)32;/h4-9,11-14,16-17H,3,15H2,1-2H3;/q-1;. The van der Waals surface area contributed by atoms with Crippen molar-refractivity contribution in [2.24, 2.45) is 0 Å². The van der Waals surface area contributed by atoms with Gasteiger partial charge in [-0.05, 0) is 44.5 Å². The molecule has 7 rings (SSSR count). The van der Waals surface area contributed by atoms with E-state index in [0.717, 1.165) is 24.0 Å². The molecule has 34 heavy (non-hydrogen) atoms. The summed E-state index contributed by atoms with van der Waals surface area (Å²) in [4.78, 5) is 5.94. The van der Waals surface area contributed by atoms with Gasteiger partial charge < -0.3 is 8.97 Å². The average molecular weight is 637 g/mol. The van der Waals surface area contributed by atoms with E-state index in [9.17, 15) is 0 Å². The topological polar surface area (TPSA) is 22.2 Å². The second-order valence-corrected chi connectivity index (χ2v) is 10.0. The number of rotatable bonds is 3. The first-order chi connectivity index (χ1) is 16.2. The fraction of sp³-hybridized carbons (Fsp3) is 0.138. The normalized spacial score (nSPS) is 11.8. The molecule has 0 amide bonds. The Morgan fingerprint density at radius 2 is 1.74 bits per heavy atom. The number of hydrogen-bond donors (Lipinski definition) is 0. The molecule has 1 radical (unpaired) electrons. The van der Waals surface area contributed by atoms with Crippen molar-refractivity contribution < 1.29 is 20.1 Å². The first-order valence-electron chi connectivity index (χ1n) is 11.4. The zero-order chi connectivity index (χ0) is 22.1. The van der Waals surface area contributed by atoms with E-state index in [0.29, 0.717) is 0 Å². The van der Waals surface area contributed by atoms with E-state index in [1.807, 2.05) is 23.7 Å². The van der Waals surface area contributed by atoms with Gasteiger partial charge >= 0.3 is 0 Å². The van der Waals surface area contributed by atoms with Crippen LogP contribution in [0, 0.1) is 13.0 Å². The number of aryl methyl sites for hydroxylation is 2. The van der Waals surface area contributed by atoms with Crippen LogP contribution in [0.5, 0.6) is 0 Å². The third kappa shape index (κ3) is 3.08. The summed E-state index contributed by atoms with van der Waals surface area (Å²) in [5, 5.41) is 5.02. The zero-order valence-electron chi connectivity index (χ0n) is 18.9. The van der Waals surface area contributed by atoms with Crippen molar-refractivity contribution in [2.75, 3.05) is 0 Å². The fourth-order valence-electron chi connectivity index (χ4n) is 5.35. The van der Waals surface area contributed by atoms with Crippen molar-refractivity contribution >= 4 is 59.8 Å². The van der Waals surface area contributed by atoms with Crippen LogP contribution < -0.4 is 0 Å². The van der Waals surface area contributed by atoms with E-state index in [1.165, 1.54) is 53.4 Å². The van der Waals surface area contributed by atoms with Crippen LogP contribution in [-0.4, -0.2) is 14.0 Å². The number of imidazole rings is 1. The number of thiophene rings is 1. The largest absolute Gasteiger partial charge is 0.341 e. The van der Waals surface area contributed by atoms with Gasteiger partial charge in [0, 0.05) is 75.9 Å². The van der Waals surface area contributed by atoms with E-state index >= 15 is 0 Å². The Labute approximate surface area is 215 Å². The summed E-state index contributed by atoms with van der Waals surface area (Å²) in [5.41, 5.74) is 7.45. The van der Waals surface area contributed by atoms with Gasteiger partial charge in [0.25, 0.3) is 0 Å². The smallest absolute Gasteiger partial charge is 0.0609 e. The van der Waals surface area contributed by atoms with Crippen LogP contribution in [0.15, 0.2) is 73.1 Å². The van der Waals surface area contributed by atoms with E-state index in [4.69, 9.17) is 0 Å². The molecule has 0 atom stereocenters. The van der Waals surface area contributed by atoms with Gasteiger partial charge in [-0.15, -0.1) is 35.1 Å². The first-order valence-corrected chi connectivity index (χ1v) is 12.2. The van der Waals surface area contributed by atoms with Crippen LogP contribution in [0.25, 0.3) is 48.4 Å². The quantitative estimate of drug-likeness (QED) is 0.184. The van der Waals surface area contributed by atoms with Crippen LogP contribution in [0.4, 0.5) is 0 Å². The molecule has 0 aliphatic rings. The molecule has 0 aliphatic carbocycles. The second kappa shape index (κ2) is 8.06. The Morgan fingerprint density at radius 3 is 2.62 bits per heavy atom. The van der Waals surface area contributed by atoms with Crippen molar-refractivity contribution in [1.29, 1.82) is 0 Å². The maximum absolute atomic E-state index is 4.63. The minimum absolute atomic E-state index is 0. The molecule has 0 bridgehead atoms. The summed E-state index contributed by atoms with van der Waals surface area (Å²) >= 11 is 1.85. The van der Waals surface area contributed by atoms with Crippen LogP contribution >= 0.6 is 11.3 Å². The molecule has 0 unspecified atom stereocenters. The van der Waals surface area contributed by atoms with Crippen molar-refractivity contribution in [1.82, 2.24) is 14.0 Å². The molecule has 0 fully saturated rings. The maximum Gasteiger partial charge on any atom is 0.0609 e. The molecule has 3 aromatic carbocycles. The van der Waals surface area contributed by atoms with E-state index in [2.05, 4.69) is 94.5 Å². The SMILES string of the molecule is CCn1c2ccccc2c2cc(Cc3c[c-]c4c(c3)c3sc(C)cc3n3ccnc43)ccc21.[Ir]. The molecule has 0 saturated carbocycles. The Morgan fingerprint density at radius 1 is 0.912 bits per heavy atom. The number of nitrogens with zero attached hydrogens (tertiary/aromatic N) is 3. The van der Waals surface area contributed by atoms with Gasteiger partial charge in [0.2, 0.25) is 0 Å². The van der Waals surface area contributed by atoms with Crippen LogP contribution in [-0.2, 0) is 33.1 Å². The van der Waals surface area contributed by atoms with E-state index < -0.39 is 0 Å². The molecule has 4 heterocycles. The van der Waals surface area contributed by atoms with Crippen LogP contribution in [0.1, 0.15) is 22.9 Å².